The fourth-order valence-corrected chi connectivity index (χ4v) is 0.761. The lowest BCUT2D eigenvalue weighted by molar-refractivity contribution is -0.111. The molecule has 1 aliphatic rings. The molecule has 0 spiro atoms. The molecule has 0 radical (unpaired) electrons. The Labute approximate surface area is 54.4 Å². The topological polar surface area (TPSA) is 17.1 Å². The molecule has 1 nitrogen and oxygen atoms in total. The Hall–Kier alpha value is -1.11. The van der Waals surface area contributed by atoms with E-state index >= 15 is 0 Å². The lowest BCUT2D eigenvalue weighted by Crippen LogP contribution is -1.93. The van der Waals surface area contributed by atoms with Crippen molar-refractivity contribution in [3.05, 3.63) is 36.5 Å². The van der Waals surface area contributed by atoms with E-state index in [4.69, 9.17) is 0 Å². The average molecular weight is 120 g/mol. The van der Waals surface area contributed by atoms with Gasteiger partial charge in [0.25, 0.3) is 0 Å². The van der Waals surface area contributed by atoms with E-state index in [1.54, 1.807) is 0 Å². The summed E-state index contributed by atoms with van der Waals surface area (Å²) in [5.41, 5.74) is 0.838. The van der Waals surface area contributed by atoms with Crippen molar-refractivity contribution in [1.82, 2.24) is 0 Å². The lowest BCUT2D eigenvalue weighted by atomic mass is 10.1. The Bertz CT molecular complexity index is 197. The maximum Gasteiger partial charge on any atom is 0.181 e. The summed E-state index contributed by atoms with van der Waals surface area (Å²) in [6.07, 6.45) is 7.78. The summed E-state index contributed by atoms with van der Waals surface area (Å²) in [5, 5.41) is 0. The number of carbonyl (C=O) groups is 1. The average Bonchev–Trinajstić information content (AvgIpc) is 2.37. The van der Waals surface area contributed by atoms with Gasteiger partial charge < -0.3 is 0 Å². The Morgan fingerprint density at radius 3 is 3.00 bits per heavy atom. The molecule has 0 atom stereocenters. The van der Waals surface area contributed by atoms with Gasteiger partial charge in [0.15, 0.2) is 5.78 Å². The van der Waals surface area contributed by atoms with Gasteiger partial charge in [-0.3, -0.25) is 4.79 Å². The molecular formula is C8H8O. The van der Waals surface area contributed by atoms with E-state index in [1.807, 2.05) is 18.2 Å². The number of rotatable bonds is 2. The van der Waals surface area contributed by atoms with Crippen molar-refractivity contribution in [2.45, 2.75) is 6.42 Å². The van der Waals surface area contributed by atoms with Gasteiger partial charge in [0.1, 0.15) is 0 Å². The van der Waals surface area contributed by atoms with E-state index in [9.17, 15) is 4.79 Å². The largest absolute Gasteiger partial charge is 0.290 e. The Morgan fingerprint density at radius 2 is 2.56 bits per heavy atom. The predicted molar refractivity (Wildman–Crippen MR) is 37.0 cm³/mol. The summed E-state index contributed by atoms with van der Waals surface area (Å²) in [6, 6.07) is 0. The summed E-state index contributed by atoms with van der Waals surface area (Å²) in [5.74, 6) is 0.0417. The van der Waals surface area contributed by atoms with Crippen LogP contribution in [0.25, 0.3) is 0 Å². The standard InChI is InChI=1S/C8H8O/c1-2-8(9)7-5-3-4-6-7/h2-5H,1,6H2. The molecule has 0 amide bonds. The highest BCUT2D eigenvalue weighted by molar-refractivity contribution is 6.04. The molecule has 0 unspecified atom stereocenters. The van der Waals surface area contributed by atoms with Gasteiger partial charge in [0, 0.05) is 5.57 Å². The second-order valence-electron chi connectivity index (χ2n) is 1.89. The van der Waals surface area contributed by atoms with Gasteiger partial charge in [-0.05, 0) is 12.5 Å². The maximum atomic E-state index is 10.8. The molecule has 0 N–H and O–H groups in total. The van der Waals surface area contributed by atoms with E-state index in [-0.39, 0.29) is 5.78 Å². The van der Waals surface area contributed by atoms with E-state index in [2.05, 4.69) is 6.58 Å². The maximum absolute atomic E-state index is 10.8. The number of carbonyl (C=O) groups excluding carboxylic acids is 1. The highest BCUT2D eigenvalue weighted by atomic mass is 16.1. The third-order valence-corrected chi connectivity index (χ3v) is 1.27. The van der Waals surface area contributed by atoms with Gasteiger partial charge in [-0.25, -0.2) is 0 Å². The normalized spacial score (nSPS) is 15.3. The van der Waals surface area contributed by atoms with Gasteiger partial charge in [-0.15, -0.1) is 0 Å². The first kappa shape index (κ1) is 6.02. The SMILES string of the molecule is C=CC(=O)C1=CC=CC1. The van der Waals surface area contributed by atoms with Crippen LogP contribution in [0, 0.1) is 0 Å². The summed E-state index contributed by atoms with van der Waals surface area (Å²) in [4.78, 5) is 10.8. The third-order valence-electron chi connectivity index (χ3n) is 1.27. The number of ketones is 1. The summed E-state index contributed by atoms with van der Waals surface area (Å²) in [6.45, 7) is 3.39. The summed E-state index contributed by atoms with van der Waals surface area (Å²) < 4.78 is 0. The van der Waals surface area contributed by atoms with Crippen molar-refractivity contribution in [2.24, 2.45) is 0 Å². The van der Waals surface area contributed by atoms with Gasteiger partial charge in [-0.2, -0.15) is 0 Å². The van der Waals surface area contributed by atoms with E-state index < -0.39 is 0 Å². The monoisotopic (exact) mass is 120 g/mol. The molecule has 0 saturated carbocycles. The smallest absolute Gasteiger partial charge is 0.181 e. The van der Waals surface area contributed by atoms with Crippen LogP contribution in [-0.2, 0) is 4.79 Å². The number of hydrogen-bond acceptors (Lipinski definition) is 1. The lowest BCUT2D eigenvalue weighted by Gasteiger charge is -1.90. The summed E-state index contributed by atoms with van der Waals surface area (Å²) >= 11 is 0. The molecular weight excluding hydrogens is 112 g/mol. The van der Waals surface area contributed by atoms with E-state index in [0.717, 1.165) is 12.0 Å². The van der Waals surface area contributed by atoms with Crippen LogP contribution in [-0.4, -0.2) is 5.78 Å². The zero-order chi connectivity index (χ0) is 6.69. The molecule has 0 bridgehead atoms. The summed E-state index contributed by atoms with van der Waals surface area (Å²) in [7, 11) is 0. The van der Waals surface area contributed by atoms with E-state index in [0.29, 0.717) is 0 Å². The van der Waals surface area contributed by atoms with Crippen molar-refractivity contribution in [3.63, 3.8) is 0 Å². The highest BCUT2D eigenvalue weighted by Gasteiger charge is 2.04. The van der Waals surface area contributed by atoms with Crippen molar-refractivity contribution in [2.75, 3.05) is 0 Å². The molecule has 0 aromatic rings. The van der Waals surface area contributed by atoms with Crippen molar-refractivity contribution in [1.29, 1.82) is 0 Å². The molecule has 1 aliphatic carbocycles. The van der Waals surface area contributed by atoms with Crippen LogP contribution in [0.2, 0.25) is 0 Å². The van der Waals surface area contributed by atoms with Gasteiger partial charge >= 0.3 is 0 Å². The Kier molecular flexibility index (Phi) is 1.63. The zero-order valence-electron chi connectivity index (χ0n) is 5.13. The van der Waals surface area contributed by atoms with Crippen LogP contribution < -0.4 is 0 Å². The Balaban J connectivity index is 2.65. The minimum Gasteiger partial charge on any atom is -0.290 e. The van der Waals surface area contributed by atoms with Crippen molar-refractivity contribution < 1.29 is 4.79 Å². The quantitative estimate of drug-likeness (QED) is 0.506. The van der Waals surface area contributed by atoms with Gasteiger partial charge in [0.05, 0.1) is 0 Å². The van der Waals surface area contributed by atoms with Crippen LogP contribution in [0.3, 0.4) is 0 Å². The van der Waals surface area contributed by atoms with Gasteiger partial charge in [0.2, 0.25) is 0 Å². The van der Waals surface area contributed by atoms with Crippen LogP contribution in [0.4, 0.5) is 0 Å². The molecule has 46 valence electrons. The zero-order valence-corrected chi connectivity index (χ0v) is 5.13. The molecule has 0 saturated heterocycles. The Morgan fingerprint density at radius 1 is 1.78 bits per heavy atom. The van der Waals surface area contributed by atoms with Gasteiger partial charge in [-0.1, -0.05) is 24.8 Å². The first-order chi connectivity index (χ1) is 4.34. The van der Waals surface area contributed by atoms with Crippen molar-refractivity contribution in [3.8, 4) is 0 Å². The van der Waals surface area contributed by atoms with E-state index in [1.165, 1.54) is 6.08 Å². The second kappa shape index (κ2) is 2.44. The molecule has 0 aromatic carbocycles. The first-order valence-electron chi connectivity index (χ1n) is 2.87. The molecule has 0 fully saturated rings. The molecule has 0 aromatic heterocycles. The highest BCUT2D eigenvalue weighted by Crippen LogP contribution is 2.10. The number of hydrogen-bond donors (Lipinski definition) is 0. The third kappa shape index (κ3) is 1.17. The van der Waals surface area contributed by atoms with Crippen molar-refractivity contribution >= 4 is 5.78 Å². The minimum atomic E-state index is 0.0417. The molecule has 0 aliphatic heterocycles. The molecule has 0 heterocycles. The van der Waals surface area contributed by atoms with Crippen LogP contribution in [0.1, 0.15) is 6.42 Å². The number of allylic oxidation sites excluding steroid dienone is 5. The predicted octanol–water partition coefficient (Wildman–Crippen LogP) is 1.63. The van der Waals surface area contributed by atoms with Crippen LogP contribution in [0.15, 0.2) is 36.5 Å². The minimum absolute atomic E-state index is 0.0417. The fraction of sp³-hybridized carbons (Fsp3) is 0.125. The fourth-order valence-electron chi connectivity index (χ4n) is 0.761. The molecule has 1 rings (SSSR count). The first-order valence-corrected chi connectivity index (χ1v) is 2.87. The second-order valence-corrected chi connectivity index (χ2v) is 1.89. The molecule has 1 heteroatoms. The van der Waals surface area contributed by atoms with Crippen LogP contribution >= 0.6 is 0 Å². The molecule has 9 heavy (non-hydrogen) atoms. The van der Waals surface area contributed by atoms with Crippen LogP contribution in [0.5, 0.6) is 0 Å².